The molecule has 20 heavy (non-hydrogen) atoms. The predicted octanol–water partition coefficient (Wildman–Crippen LogP) is 3.50. The fourth-order valence-electron chi connectivity index (χ4n) is 2.50. The van der Waals surface area contributed by atoms with Gasteiger partial charge >= 0.3 is 0 Å². The average Bonchev–Trinajstić information content (AvgIpc) is 2.86. The van der Waals surface area contributed by atoms with Gasteiger partial charge in [-0.25, -0.2) is 4.98 Å². The Morgan fingerprint density at radius 1 is 1.10 bits per heavy atom. The van der Waals surface area contributed by atoms with Crippen molar-refractivity contribution in [3.63, 3.8) is 0 Å². The first-order valence-corrected chi connectivity index (χ1v) is 6.89. The van der Waals surface area contributed by atoms with Gasteiger partial charge < -0.3 is 9.14 Å². The van der Waals surface area contributed by atoms with Crippen LogP contribution >= 0.6 is 0 Å². The highest BCUT2D eigenvalue weighted by Crippen LogP contribution is 2.19. The summed E-state index contributed by atoms with van der Waals surface area (Å²) in [6, 6.07) is 14.4. The van der Waals surface area contributed by atoms with Gasteiger partial charge in [0.1, 0.15) is 11.4 Å². The molecular formula is C17H18N2O. The van der Waals surface area contributed by atoms with Crippen LogP contribution in [-0.2, 0) is 12.8 Å². The first kappa shape index (κ1) is 12.7. The van der Waals surface area contributed by atoms with Crippen molar-refractivity contribution in [1.82, 2.24) is 9.38 Å². The minimum absolute atomic E-state index is 0.887. The van der Waals surface area contributed by atoms with E-state index in [1.54, 1.807) is 7.11 Å². The summed E-state index contributed by atoms with van der Waals surface area (Å²) in [6.07, 6.45) is 3.92. The molecule has 3 rings (SSSR count). The van der Waals surface area contributed by atoms with Gasteiger partial charge in [0.25, 0.3) is 0 Å². The summed E-state index contributed by atoms with van der Waals surface area (Å²) < 4.78 is 7.39. The van der Waals surface area contributed by atoms with E-state index in [2.05, 4.69) is 35.7 Å². The van der Waals surface area contributed by atoms with Gasteiger partial charge in [-0.1, -0.05) is 25.1 Å². The topological polar surface area (TPSA) is 26.5 Å². The highest BCUT2D eigenvalue weighted by molar-refractivity contribution is 5.44. The molecule has 0 unspecified atom stereocenters. The second kappa shape index (κ2) is 5.37. The van der Waals surface area contributed by atoms with E-state index in [0.29, 0.717) is 0 Å². The van der Waals surface area contributed by atoms with E-state index in [-0.39, 0.29) is 0 Å². The third kappa shape index (κ3) is 2.27. The highest BCUT2D eigenvalue weighted by atomic mass is 16.5. The summed E-state index contributed by atoms with van der Waals surface area (Å²) in [6.45, 7) is 2.15. The number of fused-ring (bicyclic) bond motifs is 1. The first-order chi connectivity index (χ1) is 9.81. The summed E-state index contributed by atoms with van der Waals surface area (Å²) in [7, 11) is 1.69. The largest absolute Gasteiger partial charge is 0.497 e. The molecule has 102 valence electrons. The standard InChI is InChI=1S/C17H18N2O/c1-3-15-16(19-11-5-4-6-17(19)18-15)12-13-7-9-14(20-2)10-8-13/h4-11H,3,12H2,1-2H3. The van der Waals surface area contributed by atoms with Crippen LogP contribution in [0.2, 0.25) is 0 Å². The summed E-state index contributed by atoms with van der Waals surface area (Å²) in [5.41, 5.74) is 4.74. The van der Waals surface area contributed by atoms with E-state index in [9.17, 15) is 0 Å². The van der Waals surface area contributed by atoms with Crippen molar-refractivity contribution >= 4 is 5.65 Å². The molecular weight excluding hydrogens is 248 g/mol. The third-order valence-corrected chi connectivity index (χ3v) is 3.58. The zero-order chi connectivity index (χ0) is 13.9. The summed E-state index contributed by atoms with van der Waals surface area (Å²) in [4.78, 5) is 4.70. The molecule has 0 radical (unpaired) electrons. The molecule has 0 N–H and O–H groups in total. The number of pyridine rings is 1. The van der Waals surface area contributed by atoms with E-state index >= 15 is 0 Å². The molecule has 2 aromatic heterocycles. The first-order valence-electron chi connectivity index (χ1n) is 6.89. The van der Waals surface area contributed by atoms with Crippen LogP contribution in [0.3, 0.4) is 0 Å². The number of methoxy groups -OCH3 is 1. The Labute approximate surface area is 118 Å². The number of ether oxygens (including phenoxy) is 1. The minimum Gasteiger partial charge on any atom is -0.497 e. The normalized spacial score (nSPS) is 10.9. The Bertz CT molecular complexity index is 713. The van der Waals surface area contributed by atoms with Crippen molar-refractivity contribution in [3.05, 3.63) is 65.6 Å². The van der Waals surface area contributed by atoms with E-state index < -0.39 is 0 Å². The molecule has 3 aromatic rings. The molecule has 0 fully saturated rings. The lowest BCUT2D eigenvalue weighted by atomic mass is 10.1. The SMILES string of the molecule is CCc1nc2ccccn2c1Cc1ccc(OC)cc1. The predicted molar refractivity (Wildman–Crippen MR) is 80.4 cm³/mol. The van der Waals surface area contributed by atoms with E-state index in [1.807, 2.05) is 24.3 Å². The van der Waals surface area contributed by atoms with Crippen LogP contribution in [0.1, 0.15) is 23.9 Å². The van der Waals surface area contributed by atoms with Crippen molar-refractivity contribution < 1.29 is 4.74 Å². The number of rotatable bonds is 4. The fourth-order valence-corrected chi connectivity index (χ4v) is 2.50. The Morgan fingerprint density at radius 2 is 1.90 bits per heavy atom. The molecule has 0 aliphatic carbocycles. The molecule has 0 saturated carbocycles. The molecule has 0 atom stereocenters. The van der Waals surface area contributed by atoms with Gasteiger partial charge in [0.05, 0.1) is 12.8 Å². The van der Waals surface area contributed by atoms with Gasteiger partial charge in [0.2, 0.25) is 0 Å². The maximum Gasteiger partial charge on any atom is 0.137 e. The number of nitrogens with zero attached hydrogens (tertiary/aromatic N) is 2. The third-order valence-electron chi connectivity index (χ3n) is 3.58. The molecule has 0 spiro atoms. The van der Waals surface area contributed by atoms with Crippen LogP contribution in [-0.4, -0.2) is 16.5 Å². The minimum atomic E-state index is 0.887. The van der Waals surface area contributed by atoms with Crippen LogP contribution in [0.5, 0.6) is 5.75 Å². The zero-order valence-corrected chi connectivity index (χ0v) is 11.8. The molecule has 0 aliphatic heterocycles. The van der Waals surface area contributed by atoms with Crippen LogP contribution in [0.15, 0.2) is 48.7 Å². The Kier molecular flexibility index (Phi) is 3.42. The number of aryl methyl sites for hydroxylation is 1. The molecule has 0 aliphatic rings. The maximum absolute atomic E-state index is 5.20. The average molecular weight is 266 g/mol. The van der Waals surface area contributed by atoms with Gasteiger partial charge in [0.15, 0.2) is 0 Å². The van der Waals surface area contributed by atoms with Gasteiger partial charge in [-0.3, -0.25) is 0 Å². The molecule has 2 heterocycles. The molecule has 3 nitrogen and oxygen atoms in total. The molecule has 3 heteroatoms. The zero-order valence-electron chi connectivity index (χ0n) is 11.8. The van der Waals surface area contributed by atoms with Crippen molar-refractivity contribution in [2.45, 2.75) is 19.8 Å². The number of hydrogen-bond acceptors (Lipinski definition) is 2. The van der Waals surface area contributed by atoms with Gasteiger partial charge in [-0.2, -0.15) is 0 Å². The highest BCUT2D eigenvalue weighted by Gasteiger charge is 2.10. The van der Waals surface area contributed by atoms with Crippen molar-refractivity contribution in [2.75, 3.05) is 7.11 Å². The van der Waals surface area contributed by atoms with E-state index in [1.165, 1.54) is 17.0 Å². The Hall–Kier alpha value is -2.29. The second-order valence-electron chi connectivity index (χ2n) is 4.81. The van der Waals surface area contributed by atoms with Gasteiger partial charge in [-0.05, 0) is 36.2 Å². The van der Waals surface area contributed by atoms with Crippen LogP contribution in [0, 0.1) is 0 Å². The van der Waals surface area contributed by atoms with Crippen molar-refractivity contribution in [3.8, 4) is 5.75 Å². The quantitative estimate of drug-likeness (QED) is 0.722. The summed E-state index contributed by atoms with van der Waals surface area (Å²) in [5, 5.41) is 0. The monoisotopic (exact) mass is 266 g/mol. The Morgan fingerprint density at radius 3 is 2.60 bits per heavy atom. The number of benzene rings is 1. The number of imidazole rings is 1. The molecule has 0 saturated heterocycles. The summed E-state index contributed by atoms with van der Waals surface area (Å²) in [5.74, 6) is 0.891. The van der Waals surface area contributed by atoms with Crippen LogP contribution in [0.25, 0.3) is 5.65 Å². The number of aromatic nitrogens is 2. The van der Waals surface area contributed by atoms with Gasteiger partial charge in [0, 0.05) is 18.3 Å². The van der Waals surface area contributed by atoms with Crippen molar-refractivity contribution in [1.29, 1.82) is 0 Å². The second-order valence-corrected chi connectivity index (χ2v) is 4.81. The lowest BCUT2D eigenvalue weighted by molar-refractivity contribution is 0.414. The van der Waals surface area contributed by atoms with Crippen LogP contribution < -0.4 is 4.74 Å². The molecule has 0 bridgehead atoms. The van der Waals surface area contributed by atoms with Gasteiger partial charge in [-0.15, -0.1) is 0 Å². The van der Waals surface area contributed by atoms with Crippen molar-refractivity contribution in [2.24, 2.45) is 0 Å². The molecule has 0 amide bonds. The number of hydrogen-bond donors (Lipinski definition) is 0. The lowest BCUT2D eigenvalue weighted by Gasteiger charge is -2.06. The lowest BCUT2D eigenvalue weighted by Crippen LogP contribution is -1.98. The summed E-state index contributed by atoms with van der Waals surface area (Å²) >= 11 is 0. The molecule has 1 aromatic carbocycles. The van der Waals surface area contributed by atoms with E-state index in [4.69, 9.17) is 9.72 Å². The van der Waals surface area contributed by atoms with E-state index in [0.717, 1.165) is 24.2 Å². The smallest absolute Gasteiger partial charge is 0.137 e. The fraction of sp³-hybridized carbons (Fsp3) is 0.235. The maximum atomic E-state index is 5.20. The Balaban J connectivity index is 2.00. The van der Waals surface area contributed by atoms with Crippen LogP contribution in [0.4, 0.5) is 0 Å².